The number of nitrogens with zero attached hydrogens (tertiary/aromatic N) is 1. The van der Waals surface area contributed by atoms with Crippen LogP contribution in [0.25, 0.3) is 0 Å². The van der Waals surface area contributed by atoms with Gasteiger partial charge in [-0.3, -0.25) is 4.79 Å². The highest BCUT2D eigenvalue weighted by Crippen LogP contribution is 2.33. The first-order chi connectivity index (χ1) is 6.79. The smallest absolute Gasteiger partial charge is 0.221 e. The van der Waals surface area contributed by atoms with Crippen molar-refractivity contribution in [2.45, 2.75) is 44.6 Å². The van der Waals surface area contributed by atoms with Gasteiger partial charge in [0.1, 0.15) is 6.04 Å². The van der Waals surface area contributed by atoms with E-state index in [4.69, 9.17) is 5.26 Å². The highest BCUT2D eigenvalue weighted by molar-refractivity contribution is 5.77. The summed E-state index contributed by atoms with van der Waals surface area (Å²) in [6, 6.07) is 1.95. The standard InChI is InChI=1S/C11H16N2O/c12-7-10(9-4-5-9)13-11(14)6-8-2-1-3-8/h8-10H,1-6H2,(H,13,14). The molecular formula is C11H16N2O. The SMILES string of the molecule is N#CC(NC(=O)CC1CCC1)C1CC1. The first-order valence-corrected chi connectivity index (χ1v) is 5.48. The normalized spacial score (nSPS) is 23.4. The summed E-state index contributed by atoms with van der Waals surface area (Å²) in [5.41, 5.74) is 0. The Hall–Kier alpha value is -1.04. The molecule has 1 N–H and O–H groups in total. The molecule has 2 fully saturated rings. The number of hydrogen-bond acceptors (Lipinski definition) is 2. The number of nitriles is 1. The van der Waals surface area contributed by atoms with E-state index in [0.717, 1.165) is 12.8 Å². The van der Waals surface area contributed by atoms with E-state index in [1.165, 1.54) is 19.3 Å². The summed E-state index contributed by atoms with van der Waals surface area (Å²) in [5.74, 6) is 1.10. The number of nitrogens with one attached hydrogen (secondary N) is 1. The molecule has 14 heavy (non-hydrogen) atoms. The van der Waals surface area contributed by atoms with Crippen molar-refractivity contribution >= 4 is 5.91 Å². The van der Waals surface area contributed by atoms with Crippen molar-refractivity contribution in [3.05, 3.63) is 0 Å². The van der Waals surface area contributed by atoms with Gasteiger partial charge in [0.25, 0.3) is 0 Å². The van der Waals surface area contributed by atoms with Gasteiger partial charge in [0.2, 0.25) is 5.91 Å². The molecular weight excluding hydrogens is 176 g/mol. The topological polar surface area (TPSA) is 52.9 Å². The summed E-state index contributed by atoms with van der Waals surface area (Å²) in [4.78, 5) is 11.5. The Morgan fingerprint density at radius 3 is 2.57 bits per heavy atom. The molecule has 3 heteroatoms. The van der Waals surface area contributed by atoms with E-state index >= 15 is 0 Å². The number of carbonyl (C=O) groups is 1. The zero-order chi connectivity index (χ0) is 9.97. The van der Waals surface area contributed by atoms with Gasteiger partial charge in [0.05, 0.1) is 6.07 Å². The first kappa shape index (κ1) is 9.51. The maximum atomic E-state index is 11.5. The van der Waals surface area contributed by atoms with Gasteiger partial charge in [0.15, 0.2) is 0 Å². The van der Waals surface area contributed by atoms with Crippen molar-refractivity contribution < 1.29 is 4.79 Å². The molecule has 0 saturated heterocycles. The summed E-state index contributed by atoms with van der Waals surface area (Å²) in [6.07, 6.45) is 6.47. The number of carbonyl (C=O) groups excluding carboxylic acids is 1. The summed E-state index contributed by atoms with van der Waals surface area (Å²) >= 11 is 0. The molecule has 76 valence electrons. The Balaban J connectivity index is 1.72. The fourth-order valence-corrected chi connectivity index (χ4v) is 1.88. The van der Waals surface area contributed by atoms with E-state index in [2.05, 4.69) is 11.4 Å². The minimum absolute atomic E-state index is 0.0770. The van der Waals surface area contributed by atoms with Gasteiger partial charge in [-0.1, -0.05) is 6.42 Å². The van der Waals surface area contributed by atoms with E-state index < -0.39 is 0 Å². The maximum absolute atomic E-state index is 11.5. The van der Waals surface area contributed by atoms with Gasteiger partial charge >= 0.3 is 0 Å². The lowest BCUT2D eigenvalue weighted by molar-refractivity contribution is -0.123. The van der Waals surface area contributed by atoms with Crippen molar-refractivity contribution in [2.24, 2.45) is 11.8 Å². The van der Waals surface area contributed by atoms with Crippen LogP contribution in [0.4, 0.5) is 0 Å². The van der Waals surface area contributed by atoms with Crippen LogP contribution in [0.2, 0.25) is 0 Å². The van der Waals surface area contributed by atoms with Gasteiger partial charge in [0, 0.05) is 6.42 Å². The molecule has 3 nitrogen and oxygen atoms in total. The van der Waals surface area contributed by atoms with Crippen molar-refractivity contribution in [3.63, 3.8) is 0 Å². The van der Waals surface area contributed by atoms with Crippen LogP contribution < -0.4 is 5.32 Å². The second-order valence-corrected chi connectivity index (χ2v) is 4.51. The Morgan fingerprint density at radius 2 is 2.14 bits per heavy atom. The van der Waals surface area contributed by atoms with Crippen LogP contribution >= 0.6 is 0 Å². The average Bonchev–Trinajstić information content (AvgIpc) is 2.90. The first-order valence-electron chi connectivity index (χ1n) is 5.48. The highest BCUT2D eigenvalue weighted by Gasteiger charge is 2.32. The van der Waals surface area contributed by atoms with E-state index in [9.17, 15) is 4.79 Å². The lowest BCUT2D eigenvalue weighted by atomic mass is 9.83. The lowest BCUT2D eigenvalue weighted by Crippen LogP contribution is -2.36. The van der Waals surface area contributed by atoms with Gasteiger partial charge < -0.3 is 5.32 Å². The monoisotopic (exact) mass is 192 g/mol. The van der Waals surface area contributed by atoms with Crippen molar-refractivity contribution in [3.8, 4) is 6.07 Å². The fourth-order valence-electron chi connectivity index (χ4n) is 1.88. The molecule has 1 unspecified atom stereocenters. The van der Waals surface area contributed by atoms with Crippen LogP contribution in [0.3, 0.4) is 0 Å². The zero-order valence-electron chi connectivity index (χ0n) is 8.33. The van der Waals surface area contributed by atoms with E-state index in [0.29, 0.717) is 18.3 Å². The van der Waals surface area contributed by atoms with Gasteiger partial charge in [-0.15, -0.1) is 0 Å². The van der Waals surface area contributed by atoms with Crippen LogP contribution in [0.1, 0.15) is 38.5 Å². The fraction of sp³-hybridized carbons (Fsp3) is 0.818. The molecule has 1 atom stereocenters. The second kappa shape index (κ2) is 4.00. The van der Waals surface area contributed by atoms with Crippen LogP contribution in [-0.4, -0.2) is 11.9 Å². The predicted octanol–water partition coefficient (Wildman–Crippen LogP) is 1.59. The summed E-state index contributed by atoms with van der Waals surface area (Å²) in [7, 11) is 0. The summed E-state index contributed by atoms with van der Waals surface area (Å²) in [5, 5.41) is 11.7. The molecule has 2 aliphatic carbocycles. The molecule has 2 saturated carbocycles. The number of hydrogen-bond donors (Lipinski definition) is 1. The minimum Gasteiger partial charge on any atom is -0.340 e. The largest absolute Gasteiger partial charge is 0.340 e. The lowest BCUT2D eigenvalue weighted by Gasteiger charge is -2.25. The summed E-state index contributed by atoms with van der Waals surface area (Å²) < 4.78 is 0. The Kier molecular flexibility index (Phi) is 2.72. The third kappa shape index (κ3) is 2.25. The number of amides is 1. The van der Waals surface area contributed by atoms with Crippen LogP contribution in [0.15, 0.2) is 0 Å². The quantitative estimate of drug-likeness (QED) is 0.735. The Labute approximate surface area is 84.5 Å². The minimum atomic E-state index is -0.220. The molecule has 0 aromatic carbocycles. The van der Waals surface area contributed by atoms with Crippen LogP contribution in [0, 0.1) is 23.2 Å². The Morgan fingerprint density at radius 1 is 1.43 bits per heavy atom. The van der Waals surface area contributed by atoms with Gasteiger partial charge in [-0.05, 0) is 37.5 Å². The second-order valence-electron chi connectivity index (χ2n) is 4.51. The molecule has 2 rings (SSSR count). The van der Waals surface area contributed by atoms with Crippen molar-refractivity contribution in [1.82, 2.24) is 5.32 Å². The van der Waals surface area contributed by atoms with E-state index in [1.807, 2.05) is 0 Å². The highest BCUT2D eigenvalue weighted by atomic mass is 16.1. The number of rotatable bonds is 4. The van der Waals surface area contributed by atoms with Gasteiger partial charge in [-0.25, -0.2) is 0 Å². The molecule has 2 aliphatic rings. The Bertz CT molecular complexity index is 261. The van der Waals surface area contributed by atoms with Crippen LogP contribution in [0.5, 0.6) is 0 Å². The van der Waals surface area contributed by atoms with Crippen molar-refractivity contribution in [1.29, 1.82) is 5.26 Å². The van der Waals surface area contributed by atoms with Crippen LogP contribution in [-0.2, 0) is 4.79 Å². The third-order valence-electron chi connectivity index (χ3n) is 3.25. The average molecular weight is 192 g/mol. The molecule has 0 spiro atoms. The molecule has 0 bridgehead atoms. The molecule has 0 aromatic rings. The predicted molar refractivity (Wildman–Crippen MR) is 52.2 cm³/mol. The zero-order valence-corrected chi connectivity index (χ0v) is 8.33. The van der Waals surface area contributed by atoms with Crippen molar-refractivity contribution in [2.75, 3.05) is 0 Å². The van der Waals surface area contributed by atoms with E-state index in [-0.39, 0.29) is 11.9 Å². The van der Waals surface area contributed by atoms with Gasteiger partial charge in [-0.2, -0.15) is 5.26 Å². The molecule has 0 aromatic heterocycles. The molecule has 0 radical (unpaired) electrons. The maximum Gasteiger partial charge on any atom is 0.221 e. The van der Waals surface area contributed by atoms with E-state index in [1.54, 1.807) is 0 Å². The molecule has 1 amide bonds. The third-order valence-corrected chi connectivity index (χ3v) is 3.25. The summed E-state index contributed by atoms with van der Waals surface area (Å²) in [6.45, 7) is 0. The molecule has 0 heterocycles. The molecule has 0 aliphatic heterocycles.